The zero-order valence-corrected chi connectivity index (χ0v) is 19.3. The van der Waals surface area contributed by atoms with Crippen LogP contribution in [0.25, 0.3) is 0 Å². The molecule has 2 aromatic rings. The summed E-state index contributed by atoms with van der Waals surface area (Å²) in [4.78, 5) is 25.4. The highest BCUT2D eigenvalue weighted by molar-refractivity contribution is 7.13. The van der Waals surface area contributed by atoms with Crippen LogP contribution in [0.3, 0.4) is 0 Å². The van der Waals surface area contributed by atoms with Crippen LogP contribution in [-0.4, -0.2) is 51.6 Å². The number of rotatable bonds is 11. The van der Waals surface area contributed by atoms with Crippen LogP contribution < -0.4 is 0 Å². The predicted octanol–water partition coefficient (Wildman–Crippen LogP) is 4.80. The van der Waals surface area contributed by atoms with E-state index in [0.717, 1.165) is 29.1 Å². The number of carbonyl (C=O) groups is 2. The minimum atomic E-state index is -3.42. The van der Waals surface area contributed by atoms with Gasteiger partial charge in [-0.25, -0.2) is 4.79 Å². The highest BCUT2D eigenvalue weighted by Crippen LogP contribution is 2.34. The maximum atomic E-state index is 14.1. The van der Waals surface area contributed by atoms with Crippen LogP contribution in [0.2, 0.25) is 0 Å². The van der Waals surface area contributed by atoms with Crippen LogP contribution >= 0.6 is 11.3 Å². The van der Waals surface area contributed by atoms with E-state index in [1.54, 1.807) is 6.07 Å². The van der Waals surface area contributed by atoms with E-state index in [1.165, 1.54) is 28.7 Å². The number of nitrogens with zero attached hydrogens (tertiary/aromatic N) is 1. The Bertz CT molecular complexity index is 976. The van der Waals surface area contributed by atoms with Crippen molar-refractivity contribution in [2.75, 3.05) is 6.54 Å². The Labute approximate surface area is 196 Å². The second-order valence-corrected chi connectivity index (χ2v) is 9.69. The van der Waals surface area contributed by atoms with E-state index >= 15 is 0 Å². The van der Waals surface area contributed by atoms with Gasteiger partial charge >= 0.3 is 11.9 Å². The highest BCUT2D eigenvalue weighted by atomic mass is 32.1. The molecule has 1 saturated heterocycles. The van der Waals surface area contributed by atoms with Gasteiger partial charge in [0.15, 0.2) is 0 Å². The molecule has 0 saturated carbocycles. The van der Waals surface area contributed by atoms with Crippen LogP contribution in [0.5, 0.6) is 0 Å². The third kappa shape index (κ3) is 6.71. The number of aliphatic hydroxyl groups excluding tert-OH is 1. The van der Waals surface area contributed by atoms with Gasteiger partial charge in [0, 0.05) is 17.8 Å². The molecule has 1 aromatic carbocycles. The maximum Gasteiger partial charge on any atom is 0.345 e. The largest absolute Gasteiger partial charge is 0.477 e. The average Bonchev–Trinajstić information content (AvgIpc) is 3.35. The quantitative estimate of drug-likeness (QED) is 0.456. The summed E-state index contributed by atoms with van der Waals surface area (Å²) in [6.45, 7) is 2.06. The summed E-state index contributed by atoms with van der Waals surface area (Å²) in [5.74, 6) is -5.67. The number of benzene rings is 1. The molecular formula is C25H29F2NO4S. The standard InChI is InChI=1S/C25H29F2NO4S/c1-17(9-10-18-6-3-2-4-7-18)21(29)13-11-19-16-25(26,27)24(32)28(19)15-5-8-20-12-14-22(33-20)23(30)31/h2-4,6-7,11-14,17,19,21,29H,5,8-10,15-16H2,1H3,(H,30,31)/t17-,19-,21+/m0/s1. The second-order valence-electron chi connectivity index (χ2n) is 8.53. The van der Waals surface area contributed by atoms with Gasteiger partial charge in [-0.3, -0.25) is 4.79 Å². The molecule has 3 atom stereocenters. The lowest BCUT2D eigenvalue weighted by atomic mass is 9.95. The van der Waals surface area contributed by atoms with E-state index in [2.05, 4.69) is 0 Å². The van der Waals surface area contributed by atoms with E-state index in [4.69, 9.17) is 5.11 Å². The zero-order chi connectivity index (χ0) is 24.0. The van der Waals surface area contributed by atoms with Gasteiger partial charge in [0.2, 0.25) is 0 Å². The first-order chi connectivity index (χ1) is 15.7. The molecule has 1 fully saturated rings. The number of hydrogen-bond donors (Lipinski definition) is 2. The molecule has 2 heterocycles. The van der Waals surface area contributed by atoms with Crippen molar-refractivity contribution in [1.29, 1.82) is 0 Å². The number of carboxylic acid groups (broad SMARTS) is 1. The Morgan fingerprint density at radius 3 is 2.64 bits per heavy atom. The molecule has 0 bridgehead atoms. The number of hydrogen-bond acceptors (Lipinski definition) is 4. The summed E-state index contributed by atoms with van der Waals surface area (Å²) in [5, 5.41) is 19.5. The fraction of sp³-hybridized carbons (Fsp3) is 0.440. The first kappa shape index (κ1) is 25.1. The Kier molecular flexibility index (Phi) is 8.37. The van der Waals surface area contributed by atoms with Crippen LogP contribution in [0.1, 0.15) is 46.3 Å². The number of amides is 1. The van der Waals surface area contributed by atoms with Gasteiger partial charge < -0.3 is 15.1 Å². The Balaban J connectivity index is 1.55. The molecule has 2 N–H and O–H groups in total. The fourth-order valence-electron chi connectivity index (χ4n) is 3.95. The lowest BCUT2D eigenvalue weighted by Crippen LogP contribution is -2.36. The van der Waals surface area contributed by atoms with E-state index in [-0.39, 0.29) is 17.3 Å². The van der Waals surface area contributed by atoms with Crippen molar-refractivity contribution < 1.29 is 28.6 Å². The van der Waals surface area contributed by atoms with Gasteiger partial charge in [-0.1, -0.05) is 49.4 Å². The number of carboxylic acids is 1. The number of halogens is 2. The molecule has 8 heteroatoms. The number of aliphatic hydroxyl groups is 1. The summed E-state index contributed by atoms with van der Waals surface area (Å²) in [6, 6.07) is 12.4. The SMILES string of the molecule is C[C@@H](CCc1ccccc1)[C@H](O)C=C[C@H]1CC(F)(F)C(=O)N1CCCc1ccc(C(=O)O)s1. The first-order valence-electron chi connectivity index (χ1n) is 11.1. The smallest absolute Gasteiger partial charge is 0.345 e. The van der Waals surface area contributed by atoms with Gasteiger partial charge in [-0.05, 0) is 49.3 Å². The topological polar surface area (TPSA) is 77.8 Å². The molecule has 33 heavy (non-hydrogen) atoms. The van der Waals surface area contributed by atoms with Crippen molar-refractivity contribution in [3.8, 4) is 0 Å². The van der Waals surface area contributed by atoms with Gasteiger partial charge in [0.25, 0.3) is 5.91 Å². The molecule has 3 rings (SSSR count). The fourth-order valence-corrected chi connectivity index (χ4v) is 4.84. The summed E-state index contributed by atoms with van der Waals surface area (Å²) in [6.07, 6.45) is 4.17. The number of thiophene rings is 1. The Hall–Kier alpha value is -2.58. The van der Waals surface area contributed by atoms with Crippen molar-refractivity contribution in [2.45, 2.75) is 57.1 Å². The monoisotopic (exact) mass is 477 g/mol. The van der Waals surface area contributed by atoms with E-state index < -0.39 is 36.4 Å². The third-order valence-corrected chi connectivity index (χ3v) is 7.11. The second kappa shape index (κ2) is 11.0. The van der Waals surface area contributed by atoms with Crippen molar-refractivity contribution in [3.63, 3.8) is 0 Å². The molecule has 1 aromatic heterocycles. The minimum absolute atomic E-state index is 0.0604. The lowest BCUT2D eigenvalue weighted by molar-refractivity contribution is -0.148. The summed E-state index contributed by atoms with van der Waals surface area (Å²) in [5.41, 5.74) is 1.17. The summed E-state index contributed by atoms with van der Waals surface area (Å²) >= 11 is 1.15. The number of carbonyl (C=O) groups excluding carboxylic acids is 1. The average molecular weight is 478 g/mol. The predicted molar refractivity (Wildman–Crippen MR) is 124 cm³/mol. The molecule has 1 amide bonds. The van der Waals surface area contributed by atoms with Crippen LogP contribution in [0, 0.1) is 5.92 Å². The molecular weight excluding hydrogens is 448 g/mol. The summed E-state index contributed by atoms with van der Waals surface area (Å²) < 4.78 is 28.2. The summed E-state index contributed by atoms with van der Waals surface area (Å²) in [7, 11) is 0. The van der Waals surface area contributed by atoms with Crippen molar-refractivity contribution >= 4 is 23.2 Å². The van der Waals surface area contributed by atoms with Crippen LogP contribution in [0.15, 0.2) is 54.6 Å². The molecule has 178 valence electrons. The Morgan fingerprint density at radius 2 is 1.97 bits per heavy atom. The normalized spacial score (nSPS) is 19.8. The molecule has 1 aliphatic rings. The molecule has 0 unspecified atom stereocenters. The van der Waals surface area contributed by atoms with Gasteiger partial charge in [-0.2, -0.15) is 8.78 Å². The van der Waals surface area contributed by atoms with Crippen molar-refractivity contribution in [3.05, 3.63) is 69.9 Å². The van der Waals surface area contributed by atoms with Gasteiger partial charge in [0.1, 0.15) is 4.88 Å². The number of aromatic carboxylic acids is 1. The molecule has 0 spiro atoms. The van der Waals surface area contributed by atoms with Gasteiger partial charge in [-0.15, -0.1) is 11.3 Å². The third-order valence-electron chi connectivity index (χ3n) is 5.98. The van der Waals surface area contributed by atoms with Crippen LogP contribution in [0.4, 0.5) is 8.78 Å². The molecule has 1 aliphatic heterocycles. The maximum absolute atomic E-state index is 14.1. The number of likely N-dealkylation sites (tertiary alicyclic amines) is 1. The highest BCUT2D eigenvalue weighted by Gasteiger charge is 2.52. The zero-order valence-electron chi connectivity index (χ0n) is 18.5. The van der Waals surface area contributed by atoms with Gasteiger partial charge in [0.05, 0.1) is 12.1 Å². The number of alkyl halides is 2. The van der Waals surface area contributed by atoms with Crippen LogP contribution in [-0.2, 0) is 17.6 Å². The van der Waals surface area contributed by atoms with E-state index in [0.29, 0.717) is 12.8 Å². The van der Waals surface area contributed by atoms with E-state index in [1.807, 2.05) is 37.3 Å². The molecule has 0 aliphatic carbocycles. The first-order valence-corrected chi connectivity index (χ1v) is 11.9. The number of aryl methyl sites for hydroxylation is 2. The lowest BCUT2D eigenvalue weighted by Gasteiger charge is -2.22. The Morgan fingerprint density at radius 1 is 1.24 bits per heavy atom. The van der Waals surface area contributed by atoms with Crippen molar-refractivity contribution in [2.24, 2.45) is 5.92 Å². The van der Waals surface area contributed by atoms with E-state index in [9.17, 15) is 23.5 Å². The minimum Gasteiger partial charge on any atom is -0.477 e. The molecule has 0 radical (unpaired) electrons. The molecule has 5 nitrogen and oxygen atoms in total. The van der Waals surface area contributed by atoms with Crippen molar-refractivity contribution in [1.82, 2.24) is 4.90 Å².